The molecule has 0 aliphatic carbocycles. The Morgan fingerprint density at radius 2 is 1.81 bits per heavy atom. The maximum atomic E-state index is 12.7. The van der Waals surface area contributed by atoms with Crippen molar-refractivity contribution >= 4 is 5.91 Å². The van der Waals surface area contributed by atoms with E-state index in [0.717, 1.165) is 32.4 Å². The molecule has 0 radical (unpaired) electrons. The summed E-state index contributed by atoms with van der Waals surface area (Å²) in [5, 5.41) is 9.06. The molecular weight excluding hydrogens is 264 g/mol. The molecule has 1 amide bonds. The first-order valence-electron chi connectivity index (χ1n) is 8.39. The third-order valence-electron chi connectivity index (χ3n) is 4.17. The number of carbonyl (C=O) groups is 1. The van der Waals surface area contributed by atoms with Gasteiger partial charge >= 0.3 is 0 Å². The van der Waals surface area contributed by atoms with Crippen LogP contribution in [-0.4, -0.2) is 59.1 Å². The second-order valence-corrected chi connectivity index (χ2v) is 7.78. The molecule has 0 aromatic rings. The van der Waals surface area contributed by atoms with Gasteiger partial charge in [-0.2, -0.15) is 0 Å². The smallest absolute Gasteiger partial charge is 0.237 e. The van der Waals surface area contributed by atoms with Crippen LogP contribution in [0.2, 0.25) is 0 Å². The van der Waals surface area contributed by atoms with Gasteiger partial charge in [-0.05, 0) is 44.9 Å². The average molecular weight is 298 g/mol. The van der Waals surface area contributed by atoms with Crippen molar-refractivity contribution in [2.45, 2.75) is 72.4 Å². The zero-order valence-corrected chi connectivity index (χ0v) is 14.6. The molecular formula is C17H34N2O2. The van der Waals surface area contributed by atoms with E-state index in [1.165, 1.54) is 6.42 Å². The highest BCUT2D eigenvalue weighted by Crippen LogP contribution is 2.23. The SMILES string of the molecule is CC1CCCC(C)N1C(=O)CN(CCCO)CC(C)(C)C. The molecule has 0 aromatic heterocycles. The Labute approximate surface area is 130 Å². The molecule has 1 rings (SSSR count). The fourth-order valence-electron chi connectivity index (χ4n) is 3.36. The molecule has 0 saturated carbocycles. The van der Waals surface area contributed by atoms with E-state index in [2.05, 4.69) is 44.4 Å². The maximum absolute atomic E-state index is 12.7. The number of nitrogens with zero attached hydrogens (tertiary/aromatic N) is 2. The lowest BCUT2D eigenvalue weighted by atomic mass is 9.95. The van der Waals surface area contributed by atoms with Crippen molar-refractivity contribution < 1.29 is 9.90 Å². The van der Waals surface area contributed by atoms with E-state index in [1.54, 1.807) is 0 Å². The first-order chi connectivity index (χ1) is 9.74. The average Bonchev–Trinajstić information content (AvgIpc) is 2.33. The first kappa shape index (κ1) is 18.4. The highest BCUT2D eigenvalue weighted by molar-refractivity contribution is 5.79. The third-order valence-corrected chi connectivity index (χ3v) is 4.17. The number of aliphatic hydroxyl groups is 1. The summed E-state index contributed by atoms with van der Waals surface area (Å²) in [6.07, 6.45) is 4.19. The van der Waals surface area contributed by atoms with E-state index in [9.17, 15) is 4.79 Å². The molecule has 2 atom stereocenters. The molecule has 0 bridgehead atoms. The van der Waals surface area contributed by atoms with Gasteiger partial charge in [-0.1, -0.05) is 20.8 Å². The van der Waals surface area contributed by atoms with E-state index >= 15 is 0 Å². The predicted octanol–water partition coefficient (Wildman–Crippen LogP) is 2.51. The van der Waals surface area contributed by atoms with Gasteiger partial charge in [0.05, 0.1) is 6.54 Å². The fourth-order valence-corrected chi connectivity index (χ4v) is 3.36. The van der Waals surface area contributed by atoms with E-state index in [4.69, 9.17) is 5.11 Å². The van der Waals surface area contributed by atoms with E-state index in [1.807, 2.05) is 0 Å². The van der Waals surface area contributed by atoms with Gasteiger partial charge < -0.3 is 10.0 Å². The monoisotopic (exact) mass is 298 g/mol. The molecule has 0 aromatic carbocycles. The van der Waals surface area contributed by atoms with Gasteiger partial charge in [0.15, 0.2) is 0 Å². The second-order valence-electron chi connectivity index (χ2n) is 7.78. The Balaban J connectivity index is 2.65. The molecule has 1 saturated heterocycles. The molecule has 124 valence electrons. The second kappa shape index (κ2) is 8.14. The molecule has 4 nitrogen and oxygen atoms in total. The quantitative estimate of drug-likeness (QED) is 0.819. The van der Waals surface area contributed by atoms with Crippen LogP contribution in [-0.2, 0) is 4.79 Å². The molecule has 1 heterocycles. The molecule has 2 unspecified atom stereocenters. The number of carbonyl (C=O) groups excluding carboxylic acids is 1. The summed E-state index contributed by atoms with van der Waals surface area (Å²) in [6, 6.07) is 0.714. The van der Waals surface area contributed by atoms with Crippen LogP contribution in [0.1, 0.15) is 60.3 Å². The normalized spacial score (nSPS) is 23.7. The van der Waals surface area contributed by atoms with Gasteiger partial charge in [0.25, 0.3) is 0 Å². The molecule has 1 aliphatic rings. The molecule has 1 aliphatic heterocycles. The van der Waals surface area contributed by atoms with E-state index < -0.39 is 0 Å². The Morgan fingerprint density at radius 1 is 1.24 bits per heavy atom. The summed E-state index contributed by atoms with van der Waals surface area (Å²) in [5.74, 6) is 0.247. The number of hydrogen-bond acceptors (Lipinski definition) is 3. The summed E-state index contributed by atoms with van der Waals surface area (Å²) < 4.78 is 0. The lowest BCUT2D eigenvalue weighted by Crippen LogP contribution is -2.52. The zero-order valence-electron chi connectivity index (χ0n) is 14.6. The molecule has 21 heavy (non-hydrogen) atoms. The maximum Gasteiger partial charge on any atom is 0.237 e. The minimum atomic E-state index is 0.162. The number of rotatable bonds is 6. The van der Waals surface area contributed by atoms with Gasteiger partial charge in [0.2, 0.25) is 5.91 Å². The highest BCUT2D eigenvalue weighted by Gasteiger charge is 2.30. The van der Waals surface area contributed by atoms with Crippen LogP contribution in [0.3, 0.4) is 0 Å². The van der Waals surface area contributed by atoms with Crippen LogP contribution < -0.4 is 0 Å². The van der Waals surface area contributed by atoms with Crippen LogP contribution in [0.4, 0.5) is 0 Å². The zero-order chi connectivity index (χ0) is 16.0. The van der Waals surface area contributed by atoms with E-state index in [0.29, 0.717) is 18.6 Å². The van der Waals surface area contributed by atoms with Gasteiger partial charge in [0.1, 0.15) is 0 Å². The van der Waals surface area contributed by atoms with Crippen molar-refractivity contribution in [1.82, 2.24) is 9.80 Å². The van der Waals surface area contributed by atoms with Crippen LogP contribution in [0.25, 0.3) is 0 Å². The topological polar surface area (TPSA) is 43.8 Å². The number of amides is 1. The minimum absolute atomic E-state index is 0.162. The lowest BCUT2D eigenvalue weighted by molar-refractivity contribution is -0.138. The summed E-state index contributed by atoms with van der Waals surface area (Å²) in [4.78, 5) is 17.0. The number of hydrogen-bond donors (Lipinski definition) is 1. The van der Waals surface area contributed by atoms with E-state index in [-0.39, 0.29) is 17.9 Å². The van der Waals surface area contributed by atoms with Crippen LogP contribution >= 0.6 is 0 Å². The Bertz CT molecular complexity index is 315. The standard InChI is InChI=1S/C17H34N2O2/c1-14-8-6-9-15(2)19(14)16(21)12-18(10-7-11-20)13-17(3,4)5/h14-15,20H,6-13H2,1-5H3. The number of piperidine rings is 1. The molecule has 1 fully saturated rings. The summed E-state index contributed by atoms with van der Waals surface area (Å²) in [5.41, 5.74) is 0.162. The lowest BCUT2D eigenvalue weighted by Gasteiger charge is -2.40. The van der Waals surface area contributed by atoms with Crippen molar-refractivity contribution in [2.24, 2.45) is 5.41 Å². The molecule has 0 spiro atoms. The minimum Gasteiger partial charge on any atom is -0.396 e. The van der Waals surface area contributed by atoms with Crippen molar-refractivity contribution in [3.63, 3.8) is 0 Å². The van der Waals surface area contributed by atoms with Gasteiger partial charge in [-0.25, -0.2) is 0 Å². The molecule has 4 heteroatoms. The van der Waals surface area contributed by atoms with Crippen molar-refractivity contribution in [2.75, 3.05) is 26.2 Å². The Hall–Kier alpha value is -0.610. The van der Waals surface area contributed by atoms with Crippen molar-refractivity contribution in [3.05, 3.63) is 0 Å². The largest absolute Gasteiger partial charge is 0.396 e. The summed E-state index contributed by atoms with van der Waals surface area (Å²) >= 11 is 0. The van der Waals surface area contributed by atoms with Crippen LogP contribution in [0, 0.1) is 5.41 Å². The number of likely N-dealkylation sites (tertiary alicyclic amines) is 1. The van der Waals surface area contributed by atoms with Crippen LogP contribution in [0.15, 0.2) is 0 Å². The van der Waals surface area contributed by atoms with Gasteiger partial charge in [0, 0.05) is 31.8 Å². The predicted molar refractivity (Wildman–Crippen MR) is 87.2 cm³/mol. The Kier molecular flexibility index (Phi) is 7.14. The van der Waals surface area contributed by atoms with Crippen LogP contribution in [0.5, 0.6) is 0 Å². The summed E-state index contributed by atoms with van der Waals surface area (Å²) in [7, 11) is 0. The highest BCUT2D eigenvalue weighted by atomic mass is 16.3. The van der Waals surface area contributed by atoms with Gasteiger partial charge in [-0.3, -0.25) is 9.69 Å². The van der Waals surface area contributed by atoms with Crippen molar-refractivity contribution in [1.29, 1.82) is 0 Å². The third kappa shape index (κ3) is 6.35. The van der Waals surface area contributed by atoms with Crippen molar-refractivity contribution in [3.8, 4) is 0 Å². The fraction of sp³-hybridized carbons (Fsp3) is 0.941. The van der Waals surface area contributed by atoms with Gasteiger partial charge in [-0.15, -0.1) is 0 Å². The first-order valence-corrected chi connectivity index (χ1v) is 8.39. The Morgan fingerprint density at radius 3 is 2.29 bits per heavy atom. The molecule has 1 N–H and O–H groups in total. The summed E-state index contributed by atoms with van der Waals surface area (Å²) in [6.45, 7) is 13.2. The number of aliphatic hydroxyl groups excluding tert-OH is 1.